The molecule has 1 saturated carbocycles. The van der Waals surface area contributed by atoms with Crippen molar-refractivity contribution in [1.82, 2.24) is 0 Å². The summed E-state index contributed by atoms with van der Waals surface area (Å²) in [6, 6.07) is 4.23. The van der Waals surface area contributed by atoms with E-state index in [1.165, 1.54) is 32.4 Å². The fourth-order valence-corrected chi connectivity index (χ4v) is 2.66. The van der Waals surface area contributed by atoms with Crippen LogP contribution in [-0.4, -0.2) is 37.6 Å². The molecule has 0 atom stereocenters. The zero-order valence-corrected chi connectivity index (χ0v) is 13.2. The van der Waals surface area contributed by atoms with Crippen molar-refractivity contribution in [3.05, 3.63) is 29.3 Å². The number of hydrogen-bond acceptors (Lipinski definition) is 6. The molecule has 0 radical (unpaired) electrons. The summed E-state index contributed by atoms with van der Waals surface area (Å²) in [5, 5.41) is 2.68. The molecule has 1 aromatic carbocycles. The molecular formula is C16H20N2O5. The molecular weight excluding hydrogens is 300 g/mol. The van der Waals surface area contributed by atoms with Crippen LogP contribution in [0.15, 0.2) is 18.2 Å². The molecule has 1 aromatic rings. The Morgan fingerprint density at radius 1 is 1.00 bits per heavy atom. The lowest BCUT2D eigenvalue weighted by Gasteiger charge is -2.22. The van der Waals surface area contributed by atoms with Gasteiger partial charge in [0.2, 0.25) is 5.91 Å². The summed E-state index contributed by atoms with van der Waals surface area (Å²) in [6.45, 7) is 0. The first-order valence-electron chi connectivity index (χ1n) is 7.31. The molecule has 0 bridgehead atoms. The van der Waals surface area contributed by atoms with Crippen molar-refractivity contribution in [3.8, 4) is 0 Å². The largest absolute Gasteiger partial charge is 0.465 e. The Morgan fingerprint density at radius 3 is 1.91 bits per heavy atom. The van der Waals surface area contributed by atoms with E-state index < -0.39 is 17.5 Å². The third-order valence-electron chi connectivity index (χ3n) is 3.98. The number of benzene rings is 1. The Hall–Kier alpha value is -2.41. The van der Waals surface area contributed by atoms with Crippen molar-refractivity contribution < 1.29 is 23.9 Å². The van der Waals surface area contributed by atoms with Crippen molar-refractivity contribution in [2.75, 3.05) is 19.5 Å². The van der Waals surface area contributed by atoms with E-state index in [0.717, 1.165) is 12.8 Å². The number of nitrogens with two attached hydrogens (primary N) is 1. The molecule has 2 rings (SSSR count). The first-order valence-corrected chi connectivity index (χ1v) is 7.31. The predicted molar refractivity (Wildman–Crippen MR) is 83.1 cm³/mol. The summed E-state index contributed by atoms with van der Waals surface area (Å²) in [7, 11) is 2.47. The van der Waals surface area contributed by atoms with Gasteiger partial charge in [0.15, 0.2) is 0 Å². The molecule has 23 heavy (non-hydrogen) atoms. The predicted octanol–water partition coefficient (Wildman–Crippen LogP) is 1.47. The van der Waals surface area contributed by atoms with Crippen LogP contribution in [-0.2, 0) is 14.3 Å². The van der Waals surface area contributed by atoms with Crippen LogP contribution in [0.1, 0.15) is 46.4 Å². The van der Waals surface area contributed by atoms with E-state index in [-0.39, 0.29) is 17.0 Å². The van der Waals surface area contributed by atoms with Gasteiger partial charge in [-0.1, -0.05) is 12.8 Å². The van der Waals surface area contributed by atoms with Crippen molar-refractivity contribution in [2.24, 2.45) is 5.73 Å². The molecule has 7 nitrogen and oxygen atoms in total. The van der Waals surface area contributed by atoms with Crippen molar-refractivity contribution >= 4 is 23.5 Å². The van der Waals surface area contributed by atoms with Crippen LogP contribution >= 0.6 is 0 Å². The van der Waals surface area contributed by atoms with Crippen LogP contribution in [0, 0.1) is 0 Å². The Balaban J connectivity index is 2.31. The van der Waals surface area contributed by atoms with Gasteiger partial charge in [0.25, 0.3) is 0 Å². The summed E-state index contributed by atoms with van der Waals surface area (Å²) in [6.07, 6.45) is 3.03. The maximum absolute atomic E-state index is 12.4. The second-order valence-electron chi connectivity index (χ2n) is 5.60. The standard InChI is InChI=1S/C16H20N2O5/c1-22-13(19)10-7-11(14(20)23-2)9-12(8-10)18-15(21)16(17)5-3-4-6-16/h7-9H,3-6,17H2,1-2H3,(H,18,21). The van der Waals surface area contributed by atoms with Crippen molar-refractivity contribution in [2.45, 2.75) is 31.2 Å². The first kappa shape index (κ1) is 17.0. The summed E-state index contributed by atoms with van der Waals surface area (Å²) >= 11 is 0. The monoisotopic (exact) mass is 320 g/mol. The van der Waals surface area contributed by atoms with Gasteiger partial charge in [0.05, 0.1) is 30.9 Å². The molecule has 0 spiro atoms. The van der Waals surface area contributed by atoms with E-state index in [2.05, 4.69) is 14.8 Å². The van der Waals surface area contributed by atoms with Crippen LogP contribution in [0.4, 0.5) is 5.69 Å². The molecule has 124 valence electrons. The minimum absolute atomic E-state index is 0.142. The Bertz CT molecular complexity index is 601. The molecule has 1 fully saturated rings. The number of nitrogens with one attached hydrogen (secondary N) is 1. The van der Waals surface area contributed by atoms with Gasteiger partial charge >= 0.3 is 11.9 Å². The number of ether oxygens (including phenoxy) is 2. The summed E-state index contributed by atoms with van der Waals surface area (Å²) < 4.78 is 9.31. The SMILES string of the molecule is COC(=O)c1cc(NC(=O)C2(N)CCCC2)cc(C(=O)OC)c1. The van der Waals surface area contributed by atoms with Gasteiger partial charge in [-0.25, -0.2) is 9.59 Å². The number of anilines is 1. The molecule has 0 saturated heterocycles. The highest BCUT2D eigenvalue weighted by molar-refractivity contribution is 6.02. The molecule has 3 N–H and O–H groups in total. The lowest BCUT2D eigenvalue weighted by Crippen LogP contribution is -2.48. The van der Waals surface area contributed by atoms with Crippen molar-refractivity contribution in [1.29, 1.82) is 0 Å². The first-order chi connectivity index (χ1) is 10.9. The van der Waals surface area contributed by atoms with E-state index >= 15 is 0 Å². The van der Waals surface area contributed by atoms with Gasteiger partial charge in [-0.3, -0.25) is 4.79 Å². The van der Waals surface area contributed by atoms with E-state index in [4.69, 9.17) is 5.73 Å². The van der Waals surface area contributed by atoms with Gasteiger partial charge in [-0.2, -0.15) is 0 Å². The molecule has 0 heterocycles. The number of carbonyl (C=O) groups excluding carboxylic acids is 3. The number of rotatable bonds is 4. The van der Waals surface area contributed by atoms with Gasteiger partial charge in [-0.05, 0) is 31.0 Å². The van der Waals surface area contributed by atoms with E-state index in [9.17, 15) is 14.4 Å². The minimum atomic E-state index is -0.910. The summed E-state index contributed by atoms with van der Waals surface area (Å²) in [5.41, 5.74) is 5.78. The third kappa shape index (κ3) is 3.68. The Kier molecular flexibility index (Phi) is 5.00. The topological polar surface area (TPSA) is 108 Å². The lowest BCUT2D eigenvalue weighted by atomic mass is 9.98. The van der Waals surface area contributed by atoms with Crippen LogP contribution in [0.5, 0.6) is 0 Å². The Labute approximate surface area is 134 Å². The number of hydrogen-bond donors (Lipinski definition) is 2. The number of esters is 2. The van der Waals surface area contributed by atoms with Crippen LogP contribution in [0.2, 0.25) is 0 Å². The molecule has 0 aliphatic heterocycles. The average Bonchev–Trinajstić information content (AvgIpc) is 3.01. The molecule has 7 heteroatoms. The minimum Gasteiger partial charge on any atom is -0.465 e. The highest BCUT2D eigenvalue weighted by Gasteiger charge is 2.37. The Morgan fingerprint density at radius 2 is 1.48 bits per heavy atom. The number of amides is 1. The normalized spacial score (nSPS) is 15.8. The van der Waals surface area contributed by atoms with E-state index in [0.29, 0.717) is 18.5 Å². The fraction of sp³-hybridized carbons (Fsp3) is 0.438. The molecule has 1 aliphatic carbocycles. The van der Waals surface area contributed by atoms with E-state index in [1.54, 1.807) is 0 Å². The van der Waals surface area contributed by atoms with E-state index in [1.807, 2.05) is 0 Å². The van der Waals surface area contributed by atoms with Gasteiger partial charge < -0.3 is 20.5 Å². The maximum atomic E-state index is 12.4. The second kappa shape index (κ2) is 6.78. The molecule has 1 amide bonds. The second-order valence-corrected chi connectivity index (χ2v) is 5.60. The quantitative estimate of drug-likeness (QED) is 0.813. The summed E-state index contributed by atoms with van der Waals surface area (Å²) in [5.74, 6) is -1.56. The average molecular weight is 320 g/mol. The molecule has 0 unspecified atom stereocenters. The van der Waals surface area contributed by atoms with Gasteiger partial charge in [0.1, 0.15) is 0 Å². The van der Waals surface area contributed by atoms with Crippen LogP contribution in [0.3, 0.4) is 0 Å². The summed E-state index contributed by atoms with van der Waals surface area (Å²) in [4.78, 5) is 35.8. The third-order valence-corrected chi connectivity index (χ3v) is 3.98. The van der Waals surface area contributed by atoms with Gasteiger partial charge in [-0.15, -0.1) is 0 Å². The maximum Gasteiger partial charge on any atom is 0.337 e. The van der Waals surface area contributed by atoms with Crippen molar-refractivity contribution in [3.63, 3.8) is 0 Å². The number of carbonyl (C=O) groups is 3. The smallest absolute Gasteiger partial charge is 0.337 e. The number of methoxy groups -OCH3 is 2. The zero-order chi connectivity index (χ0) is 17.0. The van der Waals surface area contributed by atoms with Crippen LogP contribution in [0.25, 0.3) is 0 Å². The lowest BCUT2D eigenvalue weighted by molar-refractivity contribution is -0.121. The molecule has 0 aromatic heterocycles. The van der Waals surface area contributed by atoms with Gasteiger partial charge in [0, 0.05) is 5.69 Å². The highest BCUT2D eigenvalue weighted by atomic mass is 16.5. The highest BCUT2D eigenvalue weighted by Crippen LogP contribution is 2.29. The molecule has 1 aliphatic rings. The fourth-order valence-electron chi connectivity index (χ4n) is 2.66. The van der Waals surface area contributed by atoms with Crippen LogP contribution < -0.4 is 11.1 Å². The zero-order valence-electron chi connectivity index (χ0n) is 13.2.